The van der Waals surface area contributed by atoms with Gasteiger partial charge in [-0.25, -0.2) is 8.42 Å². The molecule has 1 aromatic rings. The number of carbonyl (C=O) groups excluding carboxylic acids is 1. The molecule has 3 N–H and O–H groups in total. The van der Waals surface area contributed by atoms with Gasteiger partial charge in [0.1, 0.15) is 12.6 Å². The van der Waals surface area contributed by atoms with Gasteiger partial charge in [-0.15, -0.1) is 0 Å². The van der Waals surface area contributed by atoms with E-state index in [0.29, 0.717) is 18.5 Å². The monoisotopic (exact) mass is 308 g/mol. The van der Waals surface area contributed by atoms with Crippen LogP contribution in [-0.2, 0) is 14.8 Å². The van der Waals surface area contributed by atoms with Crippen molar-refractivity contribution < 1.29 is 18.3 Å². The molecule has 1 aliphatic heterocycles. The average molecular weight is 308 g/mol. The topological polar surface area (TPSA) is 95.5 Å². The molecular weight excluding hydrogens is 292 g/mol. The van der Waals surface area contributed by atoms with Crippen LogP contribution in [0, 0.1) is 11.8 Å². The minimum Gasteiger partial charge on any atom is -0.384 e. The first-order valence-electron chi connectivity index (χ1n) is 6.53. The Kier molecular flexibility index (Phi) is 4.96. The van der Waals surface area contributed by atoms with Crippen LogP contribution < -0.4 is 10.0 Å². The molecule has 2 rings (SSSR count). The molecule has 0 aromatic heterocycles. The molecule has 1 saturated heterocycles. The molecule has 1 aliphatic rings. The Balaban J connectivity index is 2.13. The first-order chi connectivity index (χ1) is 10.0. The van der Waals surface area contributed by atoms with Crippen LogP contribution >= 0.6 is 0 Å². The van der Waals surface area contributed by atoms with Gasteiger partial charge in [-0.05, 0) is 37.1 Å². The van der Waals surface area contributed by atoms with Crippen LogP contribution in [0.3, 0.4) is 0 Å². The third-order valence-corrected chi connectivity index (χ3v) is 4.55. The molecule has 1 atom stereocenters. The highest BCUT2D eigenvalue weighted by atomic mass is 32.2. The Morgan fingerprint density at radius 2 is 2.05 bits per heavy atom. The largest absolute Gasteiger partial charge is 0.384 e. The third kappa shape index (κ3) is 4.04. The first-order valence-corrected chi connectivity index (χ1v) is 8.01. The maximum absolute atomic E-state index is 12.2. The standard InChI is InChI=1S/C14H16N2O4S/c17-10-2-3-11-5-7-12(8-6-11)21(19,20)16-13-4-1-9-15-14(13)18/h5-8,13,16-17H,1,4,9-10H2,(H,15,18). The quantitative estimate of drug-likeness (QED) is 0.661. The highest BCUT2D eigenvalue weighted by Gasteiger charge is 2.27. The van der Waals surface area contributed by atoms with Crippen molar-refractivity contribution in [3.8, 4) is 11.8 Å². The summed E-state index contributed by atoms with van der Waals surface area (Å²) in [6.45, 7) is 0.327. The summed E-state index contributed by atoms with van der Waals surface area (Å²) in [6, 6.07) is 5.23. The number of piperidine rings is 1. The number of benzene rings is 1. The van der Waals surface area contributed by atoms with Gasteiger partial charge in [0.25, 0.3) is 0 Å². The van der Waals surface area contributed by atoms with E-state index in [4.69, 9.17) is 5.11 Å². The van der Waals surface area contributed by atoms with Crippen molar-refractivity contribution in [3.05, 3.63) is 29.8 Å². The Hall–Kier alpha value is -1.88. The molecule has 1 amide bonds. The second-order valence-electron chi connectivity index (χ2n) is 4.59. The fraction of sp³-hybridized carbons (Fsp3) is 0.357. The smallest absolute Gasteiger partial charge is 0.241 e. The van der Waals surface area contributed by atoms with Crippen LogP contribution in [0.4, 0.5) is 0 Å². The number of sulfonamides is 1. The molecule has 7 heteroatoms. The molecule has 0 aliphatic carbocycles. The van der Waals surface area contributed by atoms with Gasteiger partial charge >= 0.3 is 0 Å². The van der Waals surface area contributed by atoms with Crippen LogP contribution in [0.15, 0.2) is 29.2 Å². The van der Waals surface area contributed by atoms with Crippen molar-refractivity contribution in [2.75, 3.05) is 13.2 Å². The van der Waals surface area contributed by atoms with E-state index in [0.717, 1.165) is 6.42 Å². The van der Waals surface area contributed by atoms with Gasteiger partial charge in [0.05, 0.1) is 4.90 Å². The second kappa shape index (κ2) is 6.72. The molecule has 0 bridgehead atoms. The number of amides is 1. The number of aliphatic hydroxyl groups is 1. The minimum absolute atomic E-state index is 0.0791. The maximum atomic E-state index is 12.2. The van der Waals surface area contributed by atoms with E-state index in [1.54, 1.807) is 12.1 Å². The lowest BCUT2D eigenvalue weighted by Crippen LogP contribution is -2.50. The SMILES string of the molecule is O=C1NCCCC1NS(=O)(=O)c1ccc(C#CCO)cc1. The highest BCUT2D eigenvalue weighted by Crippen LogP contribution is 2.13. The zero-order valence-electron chi connectivity index (χ0n) is 11.3. The molecule has 0 saturated carbocycles. The van der Waals surface area contributed by atoms with E-state index < -0.39 is 16.1 Å². The van der Waals surface area contributed by atoms with Crippen LogP contribution in [0.25, 0.3) is 0 Å². The summed E-state index contributed by atoms with van der Waals surface area (Å²) in [6.07, 6.45) is 1.24. The lowest BCUT2D eigenvalue weighted by molar-refractivity contribution is -0.124. The van der Waals surface area contributed by atoms with Crippen molar-refractivity contribution in [2.45, 2.75) is 23.8 Å². The molecule has 0 spiro atoms. The molecule has 1 unspecified atom stereocenters. The highest BCUT2D eigenvalue weighted by molar-refractivity contribution is 7.89. The van der Waals surface area contributed by atoms with E-state index in [2.05, 4.69) is 21.9 Å². The Bertz CT molecular complexity index is 671. The summed E-state index contributed by atoms with van der Waals surface area (Å²) < 4.78 is 26.8. The fourth-order valence-electron chi connectivity index (χ4n) is 2.00. The molecule has 1 aromatic carbocycles. The Labute approximate surface area is 123 Å². The zero-order chi connectivity index (χ0) is 15.3. The zero-order valence-corrected chi connectivity index (χ0v) is 12.1. The molecular formula is C14H16N2O4S. The van der Waals surface area contributed by atoms with Crippen molar-refractivity contribution >= 4 is 15.9 Å². The van der Waals surface area contributed by atoms with E-state index in [1.807, 2.05) is 0 Å². The molecule has 21 heavy (non-hydrogen) atoms. The normalized spacial score (nSPS) is 18.5. The van der Waals surface area contributed by atoms with Crippen molar-refractivity contribution in [1.29, 1.82) is 0 Å². The van der Waals surface area contributed by atoms with Gasteiger partial charge in [0, 0.05) is 12.1 Å². The lowest BCUT2D eigenvalue weighted by Gasteiger charge is -2.22. The second-order valence-corrected chi connectivity index (χ2v) is 6.31. The predicted octanol–water partition coefficient (Wildman–Crippen LogP) is -0.413. The van der Waals surface area contributed by atoms with E-state index in [9.17, 15) is 13.2 Å². The van der Waals surface area contributed by atoms with Gasteiger partial charge in [0.15, 0.2) is 0 Å². The number of hydrogen-bond acceptors (Lipinski definition) is 4. The van der Waals surface area contributed by atoms with E-state index in [-0.39, 0.29) is 17.4 Å². The molecule has 112 valence electrons. The average Bonchev–Trinajstić information content (AvgIpc) is 2.48. The van der Waals surface area contributed by atoms with E-state index >= 15 is 0 Å². The third-order valence-electron chi connectivity index (χ3n) is 3.06. The summed E-state index contributed by atoms with van der Waals surface area (Å²) in [4.78, 5) is 11.7. The van der Waals surface area contributed by atoms with Crippen LogP contribution in [0.1, 0.15) is 18.4 Å². The summed E-state index contributed by atoms with van der Waals surface area (Å²) >= 11 is 0. The molecule has 6 nitrogen and oxygen atoms in total. The Morgan fingerprint density at radius 3 is 2.67 bits per heavy atom. The minimum atomic E-state index is -3.74. The molecule has 1 heterocycles. The van der Waals surface area contributed by atoms with Gasteiger partial charge < -0.3 is 10.4 Å². The summed E-state index contributed by atoms with van der Waals surface area (Å²) in [5, 5.41) is 11.2. The van der Waals surface area contributed by atoms with Crippen LogP contribution in [-0.4, -0.2) is 38.6 Å². The summed E-state index contributed by atoms with van der Waals surface area (Å²) in [7, 11) is -3.74. The number of rotatable bonds is 3. The Morgan fingerprint density at radius 1 is 1.33 bits per heavy atom. The number of aliphatic hydroxyl groups excluding tert-OH is 1. The van der Waals surface area contributed by atoms with Gasteiger partial charge in [-0.3, -0.25) is 4.79 Å². The fourth-order valence-corrected chi connectivity index (χ4v) is 3.23. The van der Waals surface area contributed by atoms with Crippen molar-refractivity contribution in [1.82, 2.24) is 10.0 Å². The summed E-state index contributed by atoms with van der Waals surface area (Å²) in [5.41, 5.74) is 0.610. The van der Waals surface area contributed by atoms with Crippen molar-refractivity contribution in [2.24, 2.45) is 0 Å². The van der Waals surface area contributed by atoms with Crippen molar-refractivity contribution in [3.63, 3.8) is 0 Å². The first kappa shape index (κ1) is 15.5. The van der Waals surface area contributed by atoms with Crippen LogP contribution in [0.5, 0.6) is 0 Å². The number of nitrogens with one attached hydrogen (secondary N) is 2. The van der Waals surface area contributed by atoms with Crippen LogP contribution in [0.2, 0.25) is 0 Å². The molecule has 0 radical (unpaired) electrons. The summed E-state index contributed by atoms with van der Waals surface area (Å²) in [5.74, 6) is 4.87. The number of carbonyl (C=O) groups is 1. The maximum Gasteiger partial charge on any atom is 0.241 e. The van der Waals surface area contributed by atoms with Gasteiger partial charge in [-0.1, -0.05) is 11.8 Å². The van der Waals surface area contributed by atoms with Gasteiger partial charge in [-0.2, -0.15) is 4.72 Å². The lowest BCUT2D eigenvalue weighted by atomic mass is 10.1. The number of hydrogen-bond donors (Lipinski definition) is 3. The molecule has 1 fully saturated rings. The van der Waals surface area contributed by atoms with Gasteiger partial charge in [0.2, 0.25) is 15.9 Å². The van der Waals surface area contributed by atoms with E-state index in [1.165, 1.54) is 12.1 Å². The predicted molar refractivity (Wildman–Crippen MR) is 76.8 cm³/mol.